The van der Waals surface area contributed by atoms with E-state index in [-0.39, 0.29) is 18.8 Å². The second kappa shape index (κ2) is 8.63. The second-order valence-electron chi connectivity index (χ2n) is 7.35. The van der Waals surface area contributed by atoms with Crippen molar-refractivity contribution in [3.63, 3.8) is 0 Å². The van der Waals surface area contributed by atoms with Crippen LogP contribution < -0.4 is 14.8 Å². The Hall–Kier alpha value is -2.57. The third kappa shape index (κ3) is 4.46. The molecule has 0 unspecified atom stereocenters. The number of hydrogen-bond donors (Lipinski definition) is 2. The highest BCUT2D eigenvalue weighted by Gasteiger charge is 2.17. The van der Waals surface area contributed by atoms with Gasteiger partial charge in [0.15, 0.2) is 11.5 Å². The van der Waals surface area contributed by atoms with Crippen LogP contribution in [0, 0.1) is 0 Å². The van der Waals surface area contributed by atoms with Crippen LogP contribution in [0.15, 0.2) is 42.5 Å². The van der Waals surface area contributed by atoms with E-state index in [0.29, 0.717) is 12.1 Å². The van der Waals surface area contributed by atoms with Crippen molar-refractivity contribution in [3.8, 4) is 22.6 Å². The van der Waals surface area contributed by atoms with E-state index in [9.17, 15) is 9.90 Å². The first-order chi connectivity index (χ1) is 13.7. The van der Waals surface area contributed by atoms with E-state index in [1.165, 1.54) is 0 Å². The van der Waals surface area contributed by atoms with Gasteiger partial charge in [-0.2, -0.15) is 0 Å². The molecule has 0 radical (unpaired) electrons. The van der Waals surface area contributed by atoms with Gasteiger partial charge in [-0.1, -0.05) is 18.2 Å². The van der Waals surface area contributed by atoms with Gasteiger partial charge in [0.1, 0.15) is 0 Å². The molecule has 0 saturated carbocycles. The molecule has 2 aromatic rings. The fourth-order valence-electron chi connectivity index (χ4n) is 3.73. The van der Waals surface area contributed by atoms with Crippen LogP contribution in [0.25, 0.3) is 11.1 Å². The Kier molecular flexibility index (Phi) is 5.78. The Balaban J connectivity index is 1.27. The third-order valence-corrected chi connectivity index (χ3v) is 5.27. The lowest BCUT2D eigenvalue weighted by Gasteiger charge is -2.29. The number of hydrogen-bond acceptors (Lipinski definition) is 5. The summed E-state index contributed by atoms with van der Waals surface area (Å²) >= 11 is 0. The molecule has 2 N–H and O–H groups in total. The van der Waals surface area contributed by atoms with Crippen molar-refractivity contribution in [1.29, 1.82) is 0 Å². The van der Waals surface area contributed by atoms with Gasteiger partial charge in [0, 0.05) is 18.7 Å². The van der Waals surface area contributed by atoms with Gasteiger partial charge in [-0.05, 0) is 67.7 Å². The van der Waals surface area contributed by atoms with E-state index in [0.717, 1.165) is 61.5 Å². The fourth-order valence-corrected chi connectivity index (χ4v) is 3.73. The molecule has 0 aromatic heterocycles. The number of benzene rings is 2. The highest BCUT2D eigenvalue weighted by molar-refractivity contribution is 5.94. The Bertz CT molecular complexity index is 822. The SMILES string of the molecule is O=C(NCCCN1CCC[C@H](O)C1)c1ccc(-c2ccc3c(c2)OCO3)cc1. The lowest BCUT2D eigenvalue weighted by Crippen LogP contribution is -2.39. The number of carbonyl (C=O) groups excluding carboxylic acids is 1. The average Bonchev–Trinajstić information content (AvgIpc) is 3.19. The molecule has 1 fully saturated rings. The number of likely N-dealkylation sites (tertiary alicyclic amines) is 1. The minimum Gasteiger partial charge on any atom is -0.454 e. The Morgan fingerprint density at radius 2 is 1.89 bits per heavy atom. The summed E-state index contributed by atoms with van der Waals surface area (Å²) in [6.45, 7) is 3.58. The van der Waals surface area contributed by atoms with Crippen LogP contribution in [0.5, 0.6) is 11.5 Å². The number of nitrogens with zero attached hydrogens (tertiary/aromatic N) is 1. The van der Waals surface area contributed by atoms with Gasteiger partial charge >= 0.3 is 0 Å². The quantitative estimate of drug-likeness (QED) is 0.752. The molecule has 2 heterocycles. The van der Waals surface area contributed by atoms with Crippen molar-refractivity contribution in [3.05, 3.63) is 48.0 Å². The van der Waals surface area contributed by atoms with Crippen LogP contribution in [0.2, 0.25) is 0 Å². The number of fused-ring (bicyclic) bond motifs is 1. The average molecular weight is 382 g/mol. The van der Waals surface area contributed by atoms with Gasteiger partial charge in [-0.15, -0.1) is 0 Å². The maximum Gasteiger partial charge on any atom is 0.251 e. The molecule has 0 aliphatic carbocycles. The summed E-state index contributed by atoms with van der Waals surface area (Å²) in [5.41, 5.74) is 2.70. The molecule has 1 saturated heterocycles. The normalized spacial score (nSPS) is 18.8. The number of nitrogens with one attached hydrogen (secondary N) is 1. The molecule has 1 atom stereocenters. The van der Waals surface area contributed by atoms with E-state index >= 15 is 0 Å². The number of aliphatic hydroxyl groups excluding tert-OH is 1. The number of rotatable bonds is 6. The molecule has 6 nitrogen and oxygen atoms in total. The summed E-state index contributed by atoms with van der Waals surface area (Å²) < 4.78 is 10.8. The zero-order valence-electron chi connectivity index (χ0n) is 15.9. The van der Waals surface area contributed by atoms with Crippen molar-refractivity contribution in [2.24, 2.45) is 0 Å². The number of amides is 1. The smallest absolute Gasteiger partial charge is 0.251 e. The highest BCUT2D eigenvalue weighted by Crippen LogP contribution is 2.35. The third-order valence-electron chi connectivity index (χ3n) is 5.27. The van der Waals surface area contributed by atoms with Crippen LogP contribution in [0.4, 0.5) is 0 Å². The zero-order valence-corrected chi connectivity index (χ0v) is 15.9. The van der Waals surface area contributed by atoms with Crippen molar-refractivity contribution >= 4 is 5.91 Å². The summed E-state index contributed by atoms with van der Waals surface area (Å²) in [5, 5.41) is 12.7. The molecule has 2 aliphatic rings. The predicted octanol–water partition coefficient (Wildman–Crippen LogP) is 2.66. The van der Waals surface area contributed by atoms with Crippen LogP contribution in [-0.4, -0.2) is 55.0 Å². The molecule has 6 heteroatoms. The predicted molar refractivity (Wildman–Crippen MR) is 107 cm³/mol. The van der Waals surface area contributed by atoms with Crippen LogP contribution in [-0.2, 0) is 0 Å². The molecule has 2 aromatic carbocycles. The van der Waals surface area contributed by atoms with Gasteiger partial charge in [0.25, 0.3) is 5.91 Å². The van der Waals surface area contributed by atoms with Crippen molar-refractivity contribution in [1.82, 2.24) is 10.2 Å². The van der Waals surface area contributed by atoms with Gasteiger partial charge in [-0.3, -0.25) is 4.79 Å². The summed E-state index contributed by atoms with van der Waals surface area (Å²) in [7, 11) is 0. The molecule has 28 heavy (non-hydrogen) atoms. The number of carbonyl (C=O) groups is 1. The van der Waals surface area contributed by atoms with E-state index in [4.69, 9.17) is 9.47 Å². The minimum atomic E-state index is -0.202. The molecule has 2 aliphatic heterocycles. The van der Waals surface area contributed by atoms with Crippen LogP contribution in [0.1, 0.15) is 29.6 Å². The number of β-amino-alcohol motifs (C(OH)–C–C–N with tert-alkyl or cyclic N) is 1. The molecule has 148 valence electrons. The van der Waals surface area contributed by atoms with Crippen molar-refractivity contribution < 1.29 is 19.4 Å². The first-order valence-electron chi connectivity index (χ1n) is 9.88. The number of ether oxygens (including phenoxy) is 2. The monoisotopic (exact) mass is 382 g/mol. The number of piperidine rings is 1. The first kappa shape index (κ1) is 18.8. The Morgan fingerprint density at radius 1 is 1.11 bits per heavy atom. The molecule has 0 bridgehead atoms. The lowest BCUT2D eigenvalue weighted by atomic mass is 10.0. The molecular formula is C22H26N2O4. The fraction of sp³-hybridized carbons (Fsp3) is 0.409. The van der Waals surface area contributed by atoms with Gasteiger partial charge in [0.2, 0.25) is 6.79 Å². The van der Waals surface area contributed by atoms with E-state index in [1.807, 2.05) is 42.5 Å². The highest BCUT2D eigenvalue weighted by atomic mass is 16.7. The number of aliphatic hydroxyl groups is 1. The molecule has 1 amide bonds. The second-order valence-corrected chi connectivity index (χ2v) is 7.35. The summed E-state index contributed by atoms with van der Waals surface area (Å²) in [4.78, 5) is 14.6. The van der Waals surface area contributed by atoms with Crippen molar-refractivity contribution in [2.75, 3.05) is 33.0 Å². The van der Waals surface area contributed by atoms with E-state index < -0.39 is 0 Å². The summed E-state index contributed by atoms with van der Waals surface area (Å²) in [6, 6.07) is 13.4. The Morgan fingerprint density at radius 3 is 2.71 bits per heavy atom. The summed E-state index contributed by atoms with van der Waals surface area (Å²) in [6.07, 6.45) is 2.62. The van der Waals surface area contributed by atoms with Gasteiger partial charge in [-0.25, -0.2) is 0 Å². The lowest BCUT2D eigenvalue weighted by molar-refractivity contribution is 0.0697. The maximum absolute atomic E-state index is 12.3. The largest absolute Gasteiger partial charge is 0.454 e. The van der Waals surface area contributed by atoms with Gasteiger partial charge < -0.3 is 24.8 Å². The van der Waals surface area contributed by atoms with E-state index in [2.05, 4.69) is 10.2 Å². The first-order valence-corrected chi connectivity index (χ1v) is 9.88. The summed E-state index contributed by atoms with van der Waals surface area (Å²) in [5.74, 6) is 1.45. The van der Waals surface area contributed by atoms with Gasteiger partial charge in [0.05, 0.1) is 6.10 Å². The Labute approximate surface area is 165 Å². The zero-order chi connectivity index (χ0) is 19.3. The van der Waals surface area contributed by atoms with Crippen LogP contribution >= 0.6 is 0 Å². The molecular weight excluding hydrogens is 356 g/mol. The maximum atomic E-state index is 12.3. The standard InChI is InChI=1S/C22H26N2O4/c25-19-3-1-11-24(14-19)12-2-10-23-22(26)17-6-4-16(5-7-17)18-8-9-20-21(13-18)28-15-27-20/h4-9,13,19,25H,1-3,10-12,14-15H2,(H,23,26)/t19-/m0/s1. The topological polar surface area (TPSA) is 71.0 Å². The minimum absolute atomic E-state index is 0.0593. The van der Waals surface area contributed by atoms with E-state index in [1.54, 1.807) is 0 Å². The molecule has 4 rings (SSSR count). The molecule has 0 spiro atoms. The van der Waals surface area contributed by atoms with Crippen LogP contribution in [0.3, 0.4) is 0 Å². The van der Waals surface area contributed by atoms with Crippen molar-refractivity contribution in [2.45, 2.75) is 25.4 Å².